The Morgan fingerprint density at radius 2 is 1.65 bits per heavy atom. The Morgan fingerprint density at radius 1 is 1.02 bits per heavy atom. The largest absolute Gasteiger partial charge is 0.444 e. The number of nitrogens with one attached hydrogen (secondary N) is 2. The zero-order valence-corrected chi connectivity index (χ0v) is 27.8. The molecule has 248 valence electrons. The van der Waals surface area contributed by atoms with Crippen LogP contribution in [0.3, 0.4) is 0 Å². The Balaban J connectivity index is 1.53. The van der Waals surface area contributed by atoms with Gasteiger partial charge in [0.2, 0.25) is 0 Å². The van der Waals surface area contributed by atoms with Crippen LogP contribution in [0.15, 0.2) is 46.0 Å². The van der Waals surface area contributed by atoms with Crippen LogP contribution in [0.1, 0.15) is 72.4 Å². The molecule has 2 aromatic carbocycles. The van der Waals surface area contributed by atoms with Crippen LogP contribution in [0.5, 0.6) is 0 Å². The number of carbonyl (C=O) groups excluding carboxylic acids is 2. The van der Waals surface area contributed by atoms with Crippen molar-refractivity contribution in [2.24, 2.45) is 5.41 Å². The predicted octanol–water partition coefficient (Wildman–Crippen LogP) is 5.73. The maximum Gasteiger partial charge on any atom is 0.427 e. The van der Waals surface area contributed by atoms with E-state index in [1.165, 1.54) is 4.57 Å². The number of nitrogens with zero attached hydrogens (tertiary/aromatic N) is 3. The molecule has 2 aliphatic rings. The molecule has 46 heavy (non-hydrogen) atoms. The van der Waals surface area contributed by atoms with Gasteiger partial charge in [0.1, 0.15) is 17.0 Å². The summed E-state index contributed by atoms with van der Waals surface area (Å²) in [6.07, 6.45) is 0.969. The van der Waals surface area contributed by atoms with Crippen molar-refractivity contribution in [3.05, 3.63) is 73.6 Å². The van der Waals surface area contributed by atoms with Crippen molar-refractivity contribution in [1.82, 2.24) is 14.6 Å². The fraction of sp³-hybridized carbons (Fsp3) is 0.515. The third-order valence-electron chi connectivity index (χ3n) is 7.94. The van der Waals surface area contributed by atoms with Gasteiger partial charge in [0.05, 0.1) is 21.6 Å². The number of anilines is 1. The molecule has 1 atom stereocenters. The Bertz CT molecular complexity index is 1770. The number of amides is 2. The van der Waals surface area contributed by atoms with E-state index in [-0.39, 0.29) is 34.2 Å². The molecule has 3 aromatic rings. The van der Waals surface area contributed by atoms with E-state index in [2.05, 4.69) is 10.7 Å². The molecule has 2 N–H and O–H groups in total. The number of fused-ring (bicyclic) bond motifs is 1. The molecular formula is C33H41ClFN5O6. The van der Waals surface area contributed by atoms with Gasteiger partial charge in [0, 0.05) is 31.1 Å². The van der Waals surface area contributed by atoms with Crippen molar-refractivity contribution in [1.29, 1.82) is 0 Å². The third kappa shape index (κ3) is 7.32. The van der Waals surface area contributed by atoms with Crippen LogP contribution in [0.2, 0.25) is 5.02 Å². The van der Waals surface area contributed by atoms with Crippen LogP contribution < -0.4 is 26.9 Å². The molecule has 0 spiro atoms. The molecule has 1 aromatic heterocycles. The normalized spacial score (nSPS) is 18.5. The summed E-state index contributed by atoms with van der Waals surface area (Å²) in [6, 6.07) is 10.6. The summed E-state index contributed by atoms with van der Waals surface area (Å²) >= 11 is 6.96. The molecule has 0 bridgehead atoms. The number of alkyl carbamates (subject to hydrolysis) is 1. The van der Waals surface area contributed by atoms with Crippen molar-refractivity contribution in [2.75, 3.05) is 30.0 Å². The first-order valence-electron chi connectivity index (χ1n) is 15.4. The van der Waals surface area contributed by atoms with Gasteiger partial charge < -0.3 is 19.7 Å². The third-order valence-corrected chi connectivity index (χ3v) is 8.30. The van der Waals surface area contributed by atoms with Crippen LogP contribution in [0.25, 0.3) is 10.9 Å². The van der Waals surface area contributed by atoms with Crippen LogP contribution >= 0.6 is 11.6 Å². The van der Waals surface area contributed by atoms with E-state index in [0.717, 1.165) is 11.6 Å². The summed E-state index contributed by atoms with van der Waals surface area (Å²) in [7, 11) is 0. The molecule has 5 rings (SSSR count). The minimum Gasteiger partial charge on any atom is -0.444 e. The molecular weight excluding hydrogens is 617 g/mol. The lowest BCUT2D eigenvalue weighted by molar-refractivity contribution is 0.0502. The van der Waals surface area contributed by atoms with Crippen molar-refractivity contribution >= 4 is 40.4 Å². The van der Waals surface area contributed by atoms with Crippen LogP contribution in [0, 0.1) is 11.2 Å². The average molecular weight is 658 g/mol. The highest BCUT2D eigenvalue weighted by Crippen LogP contribution is 2.44. The lowest BCUT2D eigenvalue weighted by Crippen LogP contribution is -2.48. The number of halogens is 2. The van der Waals surface area contributed by atoms with Gasteiger partial charge in [-0.25, -0.2) is 24.2 Å². The fourth-order valence-electron chi connectivity index (χ4n) is 5.94. The van der Waals surface area contributed by atoms with E-state index < -0.39 is 45.9 Å². The maximum atomic E-state index is 16.1. The first-order chi connectivity index (χ1) is 21.5. The number of benzene rings is 2. The topological polar surface area (TPSA) is 124 Å². The van der Waals surface area contributed by atoms with Gasteiger partial charge in [-0.15, -0.1) is 0 Å². The van der Waals surface area contributed by atoms with Gasteiger partial charge in [-0.3, -0.25) is 9.36 Å². The zero-order chi connectivity index (χ0) is 33.6. The lowest BCUT2D eigenvalue weighted by atomic mass is 9.80. The van der Waals surface area contributed by atoms with Crippen molar-refractivity contribution in [3.8, 4) is 0 Å². The number of aromatic nitrogens is 2. The van der Waals surface area contributed by atoms with Gasteiger partial charge in [-0.2, -0.15) is 4.68 Å². The minimum absolute atomic E-state index is 0.0591. The monoisotopic (exact) mass is 657 g/mol. The quantitative estimate of drug-likeness (QED) is 0.332. The first kappa shape index (κ1) is 33.3. The highest BCUT2D eigenvalue weighted by Gasteiger charge is 2.41. The summed E-state index contributed by atoms with van der Waals surface area (Å²) in [5, 5.41) is 2.70. The number of hydrogen-bond donors (Lipinski definition) is 2. The molecule has 1 saturated carbocycles. The first-order valence-corrected chi connectivity index (χ1v) is 15.8. The number of ether oxygens (including phenoxy) is 2. The van der Waals surface area contributed by atoms with Gasteiger partial charge in [-0.1, -0.05) is 41.9 Å². The Labute approximate surface area is 271 Å². The SMILES string of the molecule is CC(C)(C)OC(=O)NCC1(Cc2ccccc2)CCN(c2c(F)cc3c(=O)n(NC(=O)OC(C)(C)C)c(=O)n(C4CC4)c3c2Cl)C1. The van der Waals surface area contributed by atoms with E-state index >= 15 is 4.39 Å². The number of rotatable bonds is 7. The molecule has 0 radical (unpaired) electrons. The summed E-state index contributed by atoms with van der Waals surface area (Å²) in [5.74, 6) is -0.741. The van der Waals surface area contributed by atoms with Gasteiger partial charge in [0.15, 0.2) is 0 Å². The zero-order valence-electron chi connectivity index (χ0n) is 27.0. The van der Waals surface area contributed by atoms with Crippen LogP contribution in [-0.2, 0) is 15.9 Å². The molecule has 13 heteroatoms. The molecule has 1 aliphatic heterocycles. The van der Waals surface area contributed by atoms with E-state index in [1.54, 1.807) is 41.5 Å². The lowest BCUT2D eigenvalue weighted by Gasteiger charge is -2.31. The second-order valence-electron chi connectivity index (χ2n) is 14.2. The summed E-state index contributed by atoms with van der Waals surface area (Å²) in [5.41, 5.74) is -0.297. The molecule has 1 saturated heterocycles. The van der Waals surface area contributed by atoms with Gasteiger partial charge in [0.25, 0.3) is 5.56 Å². The number of carbonyl (C=O) groups is 2. The van der Waals surface area contributed by atoms with E-state index in [4.69, 9.17) is 21.1 Å². The molecule has 11 nitrogen and oxygen atoms in total. The van der Waals surface area contributed by atoms with Crippen molar-refractivity contribution in [3.63, 3.8) is 0 Å². The highest BCUT2D eigenvalue weighted by molar-refractivity contribution is 6.38. The number of hydrogen-bond acceptors (Lipinski definition) is 7. The molecule has 2 heterocycles. The van der Waals surface area contributed by atoms with Gasteiger partial charge in [-0.05, 0) is 78.9 Å². The van der Waals surface area contributed by atoms with Crippen molar-refractivity contribution < 1.29 is 23.5 Å². The van der Waals surface area contributed by atoms with Crippen LogP contribution in [-0.4, -0.2) is 52.3 Å². The summed E-state index contributed by atoms with van der Waals surface area (Å²) in [4.78, 5) is 54.1. The standard InChI is InChI=1S/C33H41ClFN5O6/c1-31(2,3)45-28(42)36-18-33(17-20-10-8-7-9-11-20)14-15-38(19-33)26-23(35)16-22-25(24(26)34)39(21-12-13-21)30(44)40(27(22)41)37-29(43)46-32(4,5)6/h7-11,16,21H,12-15,17-19H2,1-6H3,(H,36,42)(H,37,43). The molecule has 1 aliphatic carbocycles. The Hall–Kier alpha value is -4.06. The van der Waals surface area contributed by atoms with E-state index in [1.807, 2.05) is 35.2 Å². The molecule has 2 fully saturated rings. The minimum atomic E-state index is -0.997. The Morgan fingerprint density at radius 3 is 2.26 bits per heavy atom. The predicted molar refractivity (Wildman–Crippen MR) is 175 cm³/mol. The summed E-state index contributed by atoms with van der Waals surface area (Å²) in [6.45, 7) is 11.3. The fourth-order valence-corrected chi connectivity index (χ4v) is 6.34. The maximum absolute atomic E-state index is 16.1. The molecule has 1 unspecified atom stereocenters. The van der Waals surface area contributed by atoms with Crippen LogP contribution in [0.4, 0.5) is 19.7 Å². The smallest absolute Gasteiger partial charge is 0.427 e. The van der Waals surface area contributed by atoms with Gasteiger partial charge >= 0.3 is 17.9 Å². The Kier molecular flexibility index (Phi) is 8.89. The summed E-state index contributed by atoms with van der Waals surface area (Å²) < 4.78 is 28.7. The highest BCUT2D eigenvalue weighted by atomic mass is 35.5. The van der Waals surface area contributed by atoms with E-state index in [0.29, 0.717) is 43.4 Å². The average Bonchev–Trinajstić information content (AvgIpc) is 3.70. The van der Waals surface area contributed by atoms with Crippen molar-refractivity contribution in [2.45, 2.75) is 84.5 Å². The van der Waals surface area contributed by atoms with E-state index in [9.17, 15) is 19.2 Å². The second kappa shape index (κ2) is 12.3. The molecule has 2 amide bonds. The second-order valence-corrected chi connectivity index (χ2v) is 14.6.